The van der Waals surface area contributed by atoms with Crippen molar-refractivity contribution in [3.8, 4) is 0 Å². The molecule has 0 aliphatic heterocycles. The number of hydrogen-bond donors (Lipinski definition) is 0. The number of hydrogen-bond acceptors (Lipinski definition) is 1. The van der Waals surface area contributed by atoms with Crippen LogP contribution >= 0.6 is 0 Å². The van der Waals surface area contributed by atoms with Crippen LogP contribution in [0.2, 0.25) is 0 Å². The van der Waals surface area contributed by atoms with Gasteiger partial charge in [-0.25, -0.2) is 0 Å². The van der Waals surface area contributed by atoms with Crippen molar-refractivity contribution >= 4 is 22.4 Å². The van der Waals surface area contributed by atoms with Crippen molar-refractivity contribution in [3.63, 3.8) is 0 Å². The van der Waals surface area contributed by atoms with Gasteiger partial charge in [-0.05, 0) is 12.8 Å². The van der Waals surface area contributed by atoms with Crippen LogP contribution in [-0.4, -0.2) is 33.3 Å². The van der Waals surface area contributed by atoms with E-state index in [2.05, 4.69) is 16.6 Å². The van der Waals surface area contributed by atoms with Crippen LogP contribution in [0.5, 0.6) is 0 Å². The fourth-order valence-corrected chi connectivity index (χ4v) is 2.06. The Bertz CT molecular complexity index is 147. The Balaban J connectivity index is 2.51. The van der Waals surface area contributed by atoms with Crippen LogP contribution in [0.25, 0.3) is 0 Å². The van der Waals surface area contributed by atoms with Crippen LogP contribution in [0.3, 0.4) is 0 Å². The predicted octanol–water partition coefficient (Wildman–Crippen LogP) is 1.21. The molecular weight excluding hydrogens is 155 g/mol. The maximum atomic E-state index is 9.31. The Morgan fingerprint density at radius 1 is 1.45 bits per heavy atom. The Labute approximate surface area is 76.1 Å². The highest BCUT2D eigenvalue weighted by molar-refractivity contribution is 5.98. The first-order valence-electron chi connectivity index (χ1n) is 4.13. The third kappa shape index (κ3) is 2.30. The quantitative estimate of drug-likeness (QED) is 0.451. The zero-order valence-corrected chi connectivity index (χ0v) is 8.07. The van der Waals surface area contributed by atoms with Crippen molar-refractivity contribution in [3.05, 3.63) is 0 Å². The summed E-state index contributed by atoms with van der Waals surface area (Å²) in [7, 11) is 0. The van der Waals surface area contributed by atoms with Crippen LogP contribution in [0.1, 0.15) is 32.6 Å². The van der Waals surface area contributed by atoms with Crippen LogP contribution in [0.4, 0.5) is 0 Å². The maximum absolute atomic E-state index is 9.31. The minimum atomic E-state index is 0.221. The van der Waals surface area contributed by atoms with Gasteiger partial charge in [0.25, 0.3) is 5.78 Å². The molecule has 1 aliphatic carbocycles. The molecule has 2 unspecified atom stereocenters. The molecule has 0 aromatic carbocycles. The van der Waals surface area contributed by atoms with Gasteiger partial charge in [-0.2, -0.15) is 0 Å². The standard InChI is InChI=1S/C8H13O2.Al/c1-6(9)7-4-2-3-5-8(7)10;/h7-8H,2-5H2,1H3;/q-1;/p+1. The van der Waals surface area contributed by atoms with E-state index in [4.69, 9.17) is 3.79 Å². The smallest absolute Gasteiger partial charge is 0.295 e. The molecule has 0 saturated heterocycles. The number of carbonyl (C=O) groups excluding carboxylic acids is 1. The third-order valence-electron chi connectivity index (χ3n) is 2.41. The Morgan fingerprint density at radius 3 is 2.55 bits per heavy atom. The highest BCUT2D eigenvalue weighted by Gasteiger charge is 2.28. The molecule has 1 rings (SSSR count). The normalized spacial score (nSPS) is 31.8. The van der Waals surface area contributed by atoms with E-state index in [0.29, 0.717) is 5.78 Å². The van der Waals surface area contributed by atoms with E-state index in [1.807, 2.05) is 0 Å². The van der Waals surface area contributed by atoms with Gasteiger partial charge >= 0.3 is 0 Å². The lowest BCUT2D eigenvalue weighted by atomic mass is 9.84. The minimum Gasteiger partial charge on any atom is -0.757 e. The molecule has 1 saturated carbocycles. The van der Waals surface area contributed by atoms with Crippen molar-refractivity contribution in [2.45, 2.75) is 38.7 Å². The summed E-state index contributed by atoms with van der Waals surface area (Å²) in [5, 5.41) is 0. The minimum absolute atomic E-state index is 0.221. The van der Waals surface area contributed by atoms with Gasteiger partial charge in [0.2, 0.25) is 0 Å². The molecule has 11 heavy (non-hydrogen) atoms. The van der Waals surface area contributed by atoms with Crippen LogP contribution in [0.15, 0.2) is 0 Å². The highest BCUT2D eigenvalue weighted by atomic mass is 27.1. The number of rotatable bonds is 2. The topological polar surface area (TPSA) is 30.6 Å². The van der Waals surface area contributed by atoms with Gasteiger partial charge in [-0.3, -0.25) is 4.79 Å². The van der Waals surface area contributed by atoms with Crippen molar-refractivity contribution in [1.29, 1.82) is 0 Å². The largest absolute Gasteiger partial charge is 0.757 e. The van der Waals surface area contributed by atoms with Gasteiger partial charge in [-0.15, -0.1) is 0 Å². The van der Waals surface area contributed by atoms with E-state index in [1.165, 1.54) is 12.8 Å². The van der Waals surface area contributed by atoms with Crippen LogP contribution in [0, 0.1) is 5.92 Å². The predicted molar refractivity (Wildman–Crippen MR) is 45.2 cm³/mol. The van der Waals surface area contributed by atoms with Gasteiger partial charge in [0, 0.05) is 13.0 Å². The molecule has 0 aromatic heterocycles. The molecule has 2 atom stereocenters. The molecule has 0 amide bonds. The third-order valence-corrected chi connectivity index (χ3v) is 2.76. The van der Waals surface area contributed by atoms with E-state index in [-0.39, 0.29) is 12.0 Å². The fourth-order valence-electron chi connectivity index (χ4n) is 1.74. The molecule has 0 bridgehead atoms. The van der Waals surface area contributed by atoms with Gasteiger partial charge in [0.15, 0.2) is 0 Å². The summed E-state index contributed by atoms with van der Waals surface area (Å²) in [5.41, 5.74) is 0. The lowest BCUT2D eigenvalue weighted by Gasteiger charge is -2.34. The van der Waals surface area contributed by atoms with Crippen LogP contribution < -0.4 is 0 Å². The molecule has 1 aliphatic rings. The lowest BCUT2D eigenvalue weighted by Crippen LogP contribution is -2.31. The molecule has 0 spiro atoms. The fraction of sp³-hybridized carbons (Fsp3) is 0.875. The molecule has 2 nitrogen and oxygen atoms in total. The summed E-state index contributed by atoms with van der Waals surface area (Å²) in [6.07, 6.45) is 4.81. The van der Waals surface area contributed by atoms with E-state index in [9.17, 15) is 4.79 Å². The van der Waals surface area contributed by atoms with Gasteiger partial charge < -0.3 is 20.4 Å². The number of ketones is 1. The molecule has 0 aromatic rings. The second-order valence-electron chi connectivity index (χ2n) is 3.21. The molecular formula is C8H14AlO2. The van der Waals surface area contributed by atoms with Crippen molar-refractivity contribution < 1.29 is 8.58 Å². The first-order valence-corrected chi connectivity index (χ1v) is 4.60. The van der Waals surface area contributed by atoms with Crippen LogP contribution in [-0.2, 0) is 3.79 Å². The molecule has 1 N–H and O–H groups in total. The molecule has 3 heteroatoms. The summed E-state index contributed by atoms with van der Waals surface area (Å²) in [6, 6.07) is 0. The second-order valence-corrected chi connectivity index (χ2v) is 3.48. The van der Waals surface area contributed by atoms with E-state index >= 15 is 0 Å². The Morgan fingerprint density at radius 2 is 2.09 bits per heavy atom. The van der Waals surface area contributed by atoms with Crippen molar-refractivity contribution in [2.24, 2.45) is 5.92 Å². The van der Waals surface area contributed by atoms with E-state index in [0.717, 1.165) is 12.8 Å². The zero-order chi connectivity index (χ0) is 8.27. The molecule has 1 fully saturated rings. The van der Waals surface area contributed by atoms with Gasteiger partial charge in [0.1, 0.15) is 0 Å². The van der Waals surface area contributed by atoms with E-state index in [1.54, 1.807) is 6.92 Å². The monoisotopic (exact) mass is 169 g/mol. The van der Waals surface area contributed by atoms with Crippen molar-refractivity contribution in [2.75, 3.05) is 0 Å². The van der Waals surface area contributed by atoms with Gasteiger partial charge in [-0.1, -0.05) is 12.8 Å². The summed E-state index contributed by atoms with van der Waals surface area (Å²) >= 11 is 2.29. The highest BCUT2D eigenvalue weighted by Crippen LogP contribution is 2.26. The Kier molecular flexibility index (Phi) is 3.58. The SMILES string of the molecule is CC(=[OH+])C1CCCCC1[O][Al-]. The van der Waals surface area contributed by atoms with E-state index < -0.39 is 0 Å². The lowest BCUT2D eigenvalue weighted by molar-refractivity contribution is 0.134. The first kappa shape index (κ1) is 9.25. The molecule has 61 valence electrons. The molecule has 3 radical (unpaired) electrons. The maximum Gasteiger partial charge on any atom is 0.295 e. The zero-order valence-electron chi connectivity index (χ0n) is 6.92. The summed E-state index contributed by atoms with van der Waals surface area (Å²) in [6.45, 7) is 1.77. The summed E-state index contributed by atoms with van der Waals surface area (Å²) in [4.78, 5) is 9.31. The van der Waals surface area contributed by atoms with Gasteiger partial charge in [0.05, 0.1) is 5.92 Å². The second kappa shape index (κ2) is 4.25. The average Bonchev–Trinajstić information content (AvgIpc) is 2.04. The molecule has 0 heterocycles. The average molecular weight is 169 g/mol. The Hall–Kier alpha value is 0.162. The van der Waals surface area contributed by atoms with Crippen molar-refractivity contribution in [1.82, 2.24) is 0 Å². The summed E-state index contributed by atoms with van der Waals surface area (Å²) < 4.78 is 5.20. The first-order chi connectivity index (χ1) is 5.25. The summed E-state index contributed by atoms with van der Waals surface area (Å²) in [5.74, 6) is 0.790.